The van der Waals surface area contributed by atoms with E-state index in [9.17, 15) is 9.59 Å². The minimum Gasteiger partial charge on any atom is -0.462 e. The minimum absolute atomic E-state index is 0.0996. The first-order valence-corrected chi connectivity index (χ1v) is 7.46. The number of benzene rings is 1. The molecular formula is C16H25N3O3. The van der Waals surface area contributed by atoms with Gasteiger partial charge in [-0.1, -0.05) is 12.1 Å². The van der Waals surface area contributed by atoms with Crippen molar-refractivity contribution in [2.24, 2.45) is 0 Å². The number of anilines is 1. The van der Waals surface area contributed by atoms with Crippen LogP contribution in [0.3, 0.4) is 0 Å². The van der Waals surface area contributed by atoms with Crippen molar-refractivity contribution in [3.63, 3.8) is 0 Å². The van der Waals surface area contributed by atoms with Gasteiger partial charge in [0, 0.05) is 12.2 Å². The van der Waals surface area contributed by atoms with Gasteiger partial charge >= 0.3 is 5.97 Å². The molecule has 0 atom stereocenters. The summed E-state index contributed by atoms with van der Waals surface area (Å²) >= 11 is 0. The van der Waals surface area contributed by atoms with Crippen molar-refractivity contribution in [1.29, 1.82) is 0 Å². The molecule has 0 aliphatic carbocycles. The van der Waals surface area contributed by atoms with Crippen molar-refractivity contribution in [3.05, 3.63) is 29.8 Å². The van der Waals surface area contributed by atoms with Crippen LogP contribution in [0, 0.1) is 0 Å². The van der Waals surface area contributed by atoms with Gasteiger partial charge in [-0.2, -0.15) is 0 Å². The lowest BCUT2D eigenvalue weighted by Gasteiger charge is -2.12. The Morgan fingerprint density at radius 2 is 1.95 bits per heavy atom. The van der Waals surface area contributed by atoms with E-state index in [-0.39, 0.29) is 12.5 Å². The third-order valence-corrected chi connectivity index (χ3v) is 2.97. The van der Waals surface area contributed by atoms with Crippen LogP contribution in [0.1, 0.15) is 23.7 Å². The number of carbonyl (C=O) groups excluding carboxylic acids is 2. The minimum atomic E-state index is -0.392. The van der Waals surface area contributed by atoms with Crippen LogP contribution in [0.4, 0.5) is 5.69 Å². The molecule has 1 aromatic rings. The van der Waals surface area contributed by atoms with Crippen LogP contribution in [0.15, 0.2) is 24.3 Å². The van der Waals surface area contributed by atoms with Crippen LogP contribution >= 0.6 is 0 Å². The number of hydrogen-bond donors (Lipinski definition) is 2. The number of nitrogens with zero attached hydrogens (tertiary/aromatic N) is 1. The summed E-state index contributed by atoms with van der Waals surface area (Å²) in [5.41, 5.74) is 1.04. The molecule has 1 aromatic carbocycles. The van der Waals surface area contributed by atoms with E-state index in [1.807, 2.05) is 14.1 Å². The number of rotatable bonds is 9. The molecule has 0 aliphatic heterocycles. The van der Waals surface area contributed by atoms with Gasteiger partial charge in [0.05, 0.1) is 18.7 Å². The molecule has 0 fully saturated rings. The predicted octanol–water partition coefficient (Wildman–Crippen LogP) is 1.34. The summed E-state index contributed by atoms with van der Waals surface area (Å²) in [7, 11) is 3.99. The molecule has 22 heavy (non-hydrogen) atoms. The van der Waals surface area contributed by atoms with E-state index in [4.69, 9.17) is 4.74 Å². The van der Waals surface area contributed by atoms with Crippen LogP contribution in [0.5, 0.6) is 0 Å². The second-order valence-corrected chi connectivity index (χ2v) is 5.13. The Hall–Kier alpha value is -2.08. The van der Waals surface area contributed by atoms with E-state index in [0.29, 0.717) is 24.4 Å². The van der Waals surface area contributed by atoms with Crippen molar-refractivity contribution >= 4 is 17.6 Å². The first kappa shape index (κ1) is 18.0. The maximum Gasteiger partial charge on any atom is 0.340 e. The van der Waals surface area contributed by atoms with Gasteiger partial charge in [-0.3, -0.25) is 4.79 Å². The zero-order valence-corrected chi connectivity index (χ0v) is 13.5. The van der Waals surface area contributed by atoms with E-state index in [0.717, 1.165) is 13.0 Å². The second kappa shape index (κ2) is 9.78. The fraction of sp³-hybridized carbons (Fsp3) is 0.500. The molecule has 0 saturated heterocycles. The van der Waals surface area contributed by atoms with Crippen molar-refractivity contribution in [2.45, 2.75) is 13.3 Å². The lowest BCUT2D eigenvalue weighted by Crippen LogP contribution is -2.32. The zero-order chi connectivity index (χ0) is 16.4. The smallest absolute Gasteiger partial charge is 0.340 e. The molecule has 0 unspecified atom stereocenters. The number of amides is 1. The third kappa shape index (κ3) is 6.58. The topological polar surface area (TPSA) is 70.7 Å². The van der Waals surface area contributed by atoms with Gasteiger partial charge in [0.1, 0.15) is 0 Å². The quantitative estimate of drug-likeness (QED) is 0.532. The first-order chi connectivity index (χ1) is 10.5. The summed E-state index contributed by atoms with van der Waals surface area (Å²) in [6.07, 6.45) is 0.901. The summed E-state index contributed by atoms with van der Waals surface area (Å²) in [6.45, 7) is 3.77. The molecular weight excluding hydrogens is 282 g/mol. The highest BCUT2D eigenvalue weighted by Gasteiger charge is 2.12. The summed E-state index contributed by atoms with van der Waals surface area (Å²) < 4.78 is 4.99. The number of esters is 1. The summed E-state index contributed by atoms with van der Waals surface area (Å²) in [5, 5.41) is 5.82. The Kier molecular flexibility index (Phi) is 7.99. The van der Waals surface area contributed by atoms with Gasteiger partial charge in [-0.25, -0.2) is 4.79 Å². The number of nitrogens with one attached hydrogen (secondary N) is 2. The van der Waals surface area contributed by atoms with Gasteiger partial charge < -0.3 is 20.3 Å². The predicted molar refractivity (Wildman–Crippen MR) is 87.1 cm³/mol. The van der Waals surface area contributed by atoms with Gasteiger partial charge in [0.25, 0.3) is 0 Å². The van der Waals surface area contributed by atoms with E-state index < -0.39 is 5.97 Å². The molecule has 0 saturated carbocycles. The Morgan fingerprint density at radius 1 is 1.23 bits per heavy atom. The van der Waals surface area contributed by atoms with Crippen LogP contribution in [0.25, 0.3) is 0 Å². The van der Waals surface area contributed by atoms with E-state index in [1.54, 1.807) is 31.2 Å². The molecule has 0 aliphatic rings. The standard InChI is InChI=1S/C16H25N3O3/c1-4-22-16(21)13-8-5-6-9-14(13)18-12-15(20)17-10-7-11-19(2)3/h5-6,8-9,18H,4,7,10-12H2,1-3H3,(H,17,20). The number of para-hydroxylation sites is 1. The molecule has 2 N–H and O–H groups in total. The SMILES string of the molecule is CCOC(=O)c1ccccc1NCC(=O)NCCCN(C)C. The average Bonchev–Trinajstić information content (AvgIpc) is 2.50. The number of ether oxygens (including phenoxy) is 1. The Morgan fingerprint density at radius 3 is 2.64 bits per heavy atom. The maximum atomic E-state index is 11.8. The Bertz CT molecular complexity index is 489. The van der Waals surface area contributed by atoms with E-state index in [2.05, 4.69) is 15.5 Å². The van der Waals surface area contributed by atoms with Crippen LogP contribution in [-0.4, -0.2) is 57.1 Å². The Balaban J connectivity index is 2.44. The number of hydrogen-bond acceptors (Lipinski definition) is 5. The molecule has 122 valence electrons. The second-order valence-electron chi connectivity index (χ2n) is 5.13. The lowest BCUT2D eigenvalue weighted by atomic mass is 10.2. The fourth-order valence-electron chi connectivity index (χ4n) is 1.89. The summed E-state index contributed by atoms with van der Waals surface area (Å²) in [6, 6.07) is 7.00. The fourth-order valence-corrected chi connectivity index (χ4v) is 1.89. The van der Waals surface area contributed by atoms with Crippen molar-refractivity contribution in [3.8, 4) is 0 Å². The van der Waals surface area contributed by atoms with Gasteiger partial charge in [-0.05, 0) is 46.1 Å². The largest absolute Gasteiger partial charge is 0.462 e. The molecule has 1 amide bonds. The van der Waals surface area contributed by atoms with Crippen molar-refractivity contribution < 1.29 is 14.3 Å². The molecule has 1 rings (SSSR count). The van der Waals surface area contributed by atoms with Crippen LogP contribution in [-0.2, 0) is 9.53 Å². The molecule has 0 bridgehead atoms. The maximum absolute atomic E-state index is 11.8. The highest BCUT2D eigenvalue weighted by molar-refractivity contribution is 5.96. The molecule has 0 spiro atoms. The molecule has 0 aromatic heterocycles. The zero-order valence-electron chi connectivity index (χ0n) is 13.5. The Labute approximate surface area is 131 Å². The lowest BCUT2D eigenvalue weighted by molar-refractivity contribution is -0.119. The van der Waals surface area contributed by atoms with Crippen molar-refractivity contribution in [2.75, 3.05) is 45.7 Å². The normalized spacial score (nSPS) is 10.4. The van der Waals surface area contributed by atoms with Gasteiger partial charge in [-0.15, -0.1) is 0 Å². The third-order valence-electron chi connectivity index (χ3n) is 2.97. The van der Waals surface area contributed by atoms with Crippen LogP contribution < -0.4 is 10.6 Å². The highest BCUT2D eigenvalue weighted by atomic mass is 16.5. The average molecular weight is 307 g/mol. The van der Waals surface area contributed by atoms with Crippen LogP contribution in [0.2, 0.25) is 0 Å². The molecule has 0 heterocycles. The molecule has 6 nitrogen and oxygen atoms in total. The highest BCUT2D eigenvalue weighted by Crippen LogP contribution is 2.15. The van der Waals surface area contributed by atoms with Crippen molar-refractivity contribution in [1.82, 2.24) is 10.2 Å². The first-order valence-electron chi connectivity index (χ1n) is 7.46. The molecule has 6 heteroatoms. The monoisotopic (exact) mass is 307 g/mol. The van der Waals surface area contributed by atoms with Gasteiger partial charge in [0.15, 0.2) is 0 Å². The van der Waals surface area contributed by atoms with E-state index in [1.165, 1.54) is 0 Å². The molecule has 0 radical (unpaired) electrons. The van der Waals surface area contributed by atoms with Gasteiger partial charge in [0.2, 0.25) is 5.91 Å². The summed E-state index contributed by atoms with van der Waals surface area (Å²) in [4.78, 5) is 25.7. The summed E-state index contributed by atoms with van der Waals surface area (Å²) in [5.74, 6) is -0.491. The number of carbonyl (C=O) groups is 2. The van der Waals surface area contributed by atoms with E-state index >= 15 is 0 Å².